The number of pyridine rings is 1. The summed E-state index contributed by atoms with van der Waals surface area (Å²) in [7, 11) is 1.25. The van der Waals surface area contributed by atoms with Crippen molar-refractivity contribution in [1.29, 1.82) is 0 Å². The molecule has 0 aromatic carbocycles. The summed E-state index contributed by atoms with van der Waals surface area (Å²) in [5.41, 5.74) is 5.70. The van der Waals surface area contributed by atoms with E-state index in [2.05, 4.69) is 19.8 Å². The van der Waals surface area contributed by atoms with Crippen LogP contribution in [0.1, 0.15) is 5.82 Å². The van der Waals surface area contributed by atoms with Crippen molar-refractivity contribution >= 4 is 63.7 Å². The molecule has 3 N–H and O–H groups in total. The van der Waals surface area contributed by atoms with Gasteiger partial charge in [-0.2, -0.15) is 9.36 Å². The van der Waals surface area contributed by atoms with Gasteiger partial charge >= 0.3 is 0 Å². The molecule has 2 aromatic rings. The molecule has 2 aliphatic rings. The third-order valence-electron chi connectivity index (χ3n) is 5.05. The zero-order chi connectivity index (χ0) is 24.4. The molecule has 0 saturated carbocycles. The molecular formula is C19H19N7O5S3. The van der Waals surface area contributed by atoms with E-state index in [1.165, 1.54) is 18.9 Å². The van der Waals surface area contributed by atoms with Crippen LogP contribution < -0.4 is 20.7 Å². The maximum Gasteiger partial charge on any atom is 0.278 e. The number of carboxylic acids is 1. The number of nitrogens with zero attached hydrogens (tertiary/aromatic N) is 5. The van der Waals surface area contributed by atoms with Gasteiger partial charge in [-0.3, -0.25) is 14.5 Å². The molecule has 15 heteroatoms. The largest absolute Gasteiger partial charge is 0.543 e. The van der Waals surface area contributed by atoms with Gasteiger partial charge in [0, 0.05) is 39.9 Å². The lowest BCUT2D eigenvalue weighted by molar-refractivity contribution is -0.689. The number of amides is 2. The molecule has 0 aliphatic carbocycles. The first kappa shape index (κ1) is 24.0. The monoisotopic (exact) mass is 521 g/mol. The quantitative estimate of drug-likeness (QED) is 0.138. The molecule has 2 aliphatic heterocycles. The number of oxime groups is 1. The van der Waals surface area contributed by atoms with E-state index < -0.39 is 29.2 Å². The summed E-state index contributed by atoms with van der Waals surface area (Å²) in [6.45, 7) is 0.292. The van der Waals surface area contributed by atoms with Crippen LogP contribution in [-0.2, 0) is 25.8 Å². The molecule has 1 unspecified atom stereocenters. The van der Waals surface area contributed by atoms with E-state index in [1.807, 2.05) is 35.3 Å². The van der Waals surface area contributed by atoms with Crippen LogP contribution in [-0.4, -0.2) is 68.3 Å². The number of fused-ring (bicyclic) bond motifs is 1. The van der Waals surface area contributed by atoms with E-state index in [4.69, 9.17) is 10.6 Å². The smallest absolute Gasteiger partial charge is 0.278 e. The van der Waals surface area contributed by atoms with Gasteiger partial charge < -0.3 is 25.8 Å². The van der Waals surface area contributed by atoms with E-state index in [9.17, 15) is 19.5 Å². The van der Waals surface area contributed by atoms with Crippen LogP contribution in [0.15, 0.2) is 45.8 Å². The Bertz CT molecular complexity index is 1200. The van der Waals surface area contributed by atoms with Crippen molar-refractivity contribution in [3.8, 4) is 0 Å². The standard InChI is InChI=1S/C19H19N7O5S3/c1-31-23-11(14-22-19(20)34-24-14)15(27)21-12-16(28)26-13(18(29)30)9(8-33-17(12)26)7-25-5-3-10(32-2)4-6-25/h3-6,12,17H,7-8H2,1-2H3,(H3-,20,21,22,24,27,29,30)/t12?,17-/m0/s1. The number of nitrogens with two attached hydrogens (primary N) is 1. The molecule has 2 atom stereocenters. The predicted molar refractivity (Wildman–Crippen MR) is 123 cm³/mol. The molecule has 178 valence electrons. The number of β-lactam (4-membered cyclic amide) rings is 1. The number of carbonyl (C=O) groups excluding carboxylic acids is 3. The minimum Gasteiger partial charge on any atom is -0.543 e. The highest BCUT2D eigenvalue weighted by Gasteiger charge is 2.53. The lowest BCUT2D eigenvalue weighted by atomic mass is 10.0. The Morgan fingerprint density at radius 2 is 2.18 bits per heavy atom. The number of rotatable bonds is 8. The van der Waals surface area contributed by atoms with Crippen LogP contribution in [0.25, 0.3) is 0 Å². The molecule has 34 heavy (non-hydrogen) atoms. The van der Waals surface area contributed by atoms with Gasteiger partial charge in [-0.25, -0.2) is 4.57 Å². The van der Waals surface area contributed by atoms with Gasteiger partial charge in [0.2, 0.25) is 11.5 Å². The Balaban J connectivity index is 1.52. The van der Waals surface area contributed by atoms with E-state index >= 15 is 0 Å². The highest BCUT2D eigenvalue weighted by atomic mass is 32.2. The maximum absolute atomic E-state index is 12.9. The van der Waals surface area contributed by atoms with Gasteiger partial charge in [-0.05, 0) is 6.26 Å². The van der Waals surface area contributed by atoms with Crippen LogP contribution in [0.5, 0.6) is 0 Å². The van der Waals surface area contributed by atoms with E-state index in [0.717, 1.165) is 21.3 Å². The average Bonchev–Trinajstić information content (AvgIpc) is 3.26. The Hall–Kier alpha value is -3.17. The second kappa shape index (κ2) is 9.99. The van der Waals surface area contributed by atoms with Crippen molar-refractivity contribution in [1.82, 2.24) is 19.6 Å². The normalized spacial score (nSPS) is 20.0. The number of anilines is 1. The molecule has 4 rings (SSSR count). The average molecular weight is 522 g/mol. The van der Waals surface area contributed by atoms with Gasteiger partial charge in [0.25, 0.3) is 11.8 Å². The Morgan fingerprint density at radius 1 is 1.44 bits per heavy atom. The summed E-state index contributed by atoms with van der Waals surface area (Å²) in [6.07, 6.45) is 5.66. The van der Waals surface area contributed by atoms with Crippen LogP contribution in [0, 0.1) is 0 Å². The van der Waals surface area contributed by atoms with Crippen LogP contribution in [0.3, 0.4) is 0 Å². The lowest BCUT2D eigenvalue weighted by Crippen LogP contribution is -2.71. The number of hydrogen-bond donors (Lipinski definition) is 2. The van der Waals surface area contributed by atoms with Crippen molar-refractivity contribution in [2.24, 2.45) is 5.16 Å². The number of nitrogens with one attached hydrogen (secondary N) is 1. The van der Waals surface area contributed by atoms with Crippen molar-refractivity contribution in [3.05, 3.63) is 41.6 Å². The number of hydrogen-bond acceptors (Lipinski definition) is 12. The summed E-state index contributed by atoms with van der Waals surface area (Å²) in [6, 6.07) is 2.89. The van der Waals surface area contributed by atoms with Gasteiger partial charge in [0.1, 0.15) is 18.5 Å². The number of carbonyl (C=O) groups is 3. The van der Waals surface area contributed by atoms with Crippen molar-refractivity contribution in [3.63, 3.8) is 0 Å². The topological polar surface area (TPSA) is 167 Å². The molecule has 0 spiro atoms. The van der Waals surface area contributed by atoms with Gasteiger partial charge in [-0.1, -0.05) is 5.16 Å². The number of nitrogen functional groups attached to an aromatic ring is 1. The molecule has 4 heterocycles. The highest BCUT2D eigenvalue weighted by Crippen LogP contribution is 2.40. The Labute approximate surface area is 206 Å². The van der Waals surface area contributed by atoms with E-state index in [1.54, 1.807) is 11.8 Å². The second-order valence-corrected chi connectivity index (χ2v) is 9.86. The molecule has 1 saturated heterocycles. The minimum absolute atomic E-state index is 0.0381. The molecule has 0 radical (unpaired) electrons. The summed E-state index contributed by atoms with van der Waals surface area (Å²) < 4.78 is 5.78. The number of aliphatic carboxylic acids is 1. The van der Waals surface area contributed by atoms with Crippen molar-refractivity contribution in [2.45, 2.75) is 22.9 Å². The number of aromatic nitrogens is 3. The van der Waals surface area contributed by atoms with Gasteiger partial charge in [0.15, 0.2) is 24.1 Å². The van der Waals surface area contributed by atoms with Crippen LogP contribution in [0.2, 0.25) is 0 Å². The fourth-order valence-corrected chi connectivity index (χ4v) is 5.68. The van der Waals surface area contributed by atoms with E-state index in [-0.39, 0.29) is 22.4 Å². The zero-order valence-corrected chi connectivity index (χ0v) is 20.4. The fraction of sp³-hybridized carbons (Fsp3) is 0.316. The SMILES string of the molecule is CON=C(C(=O)NC1C(=O)N2C(C(=O)[O-])=C(C[n+]3ccc(SC)cc3)CS[C@@H]12)c1nsc(N)n1. The zero-order valence-electron chi connectivity index (χ0n) is 18.0. The van der Waals surface area contributed by atoms with E-state index in [0.29, 0.717) is 17.9 Å². The summed E-state index contributed by atoms with van der Waals surface area (Å²) in [5, 5.41) is 17.7. The Morgan fingerprint density at radius 3 is 2.76 bits per heavy atom. The fourth-order valence-electron chi connectivity index (χ4n) is 3.51. The lowest BCUT2D eigenvalue weighted by Gasteiger charge is -2.50. The van der Waals surface area contributed by atoms with Gasteiger partial charge in [-0.15, -0.1) is 23.5 Å². The molecule has 2 aromatic heterocycles. The summed E-state index contributed by atoms with van der Waals surface area (Å²) in [5.74, 6) is -2.43. The maximum atomic E-state index is 12.9. The van der Waals surface area contributed by atoms with Gasteiger partial charge in [0.05, 0.1) is 11.7 Å². The highest BCUT2D eigenvalue weighted by molar-refractivity contribution is 8.00. The molecule has 0 bridgehead atoms. The third-order valence-corrected chi connectivity index (χ3v) is 7.67. The van der Waals surface area contributed by atoms with Crippen LogP contribution >= 0.6 is 35.1 Å². The Kier molecular flexibility index (Phi) is 7.04. The number of thioether (sulfide) groups is 2. The molecule has 12 nitrogen and oxygen atoms in total. The first-order chi connectivity index (χ1) is 16.3. The molecule has 1 fully saturated rings. The molecular weight excluding hydrogens is 502 g/mol. The van der Waals surface area contributed by atoms with Crippen LogP contribution in [0.4, 0.5) is 5.13 Å². The first-order valence-electron chi connectivity index (χ1n) is 9.76. The summed E-state index contributed by atoms with van der Waals surface area (Å²) >= 11 is 3.83. The third kappa shape index (κ3) is 4.58. The summed E-state index contributed by atoms with van der Waals surface area (Å²) in [4.78, 5) is 48.5. The predicted octanol–water partition coefficient (Wildman–Crippen LogP) is -1.42. The van der Waals surface area contributed by atoms with Crippen molar-refractivity contribution in [2.75, 3.05) is 24.9 Å². The van der Waals surface area contributed by atoms with Crippen molar-refractivity contribution < 1.29 is 28.9 Å². The molecule has 2 amide bonds. The minimum atomic E-state index is -1.44. The second-order valence-electron chi connectivity index (χ2n) is 7.09. The number of carboxylic acid groups (broad SMARTS) is 1. The first-order valence-corrected chi connectivity index (χ1v) is 12.8.